The molecular weight excluding hydrogens is 470 g/mol. The van der Waals surface area contributed by atoms with Gasteiger partial charge < -0.3 is 10.1 Å². The predicted molar refractivity (Wildman–Crippen MR) is 143 cm³/mol. The largest absolute Gasteiger partial charge is 0.450 e. The molecule has 2 aromatic carbocycles. The van der Waals surface area contributed by atoms with Crippen LogP contribution < -0.4 is 15.5 Å². The van der Waals surface area contributed by atoms with Crippen molar-refractivity contribution in [1.29, 1.82) is 0 Å². The molecule has 4 bridgehead atoms. The van der Waals surface area contributed by atoms with Gasteiger partial charge in [-0.25, -0.2) is 4.79 Å². The number of nitrogens with zero attached hydrogens (tertiary/aromatic N) is 1. The highest BCUT2D eigenvalue weighted by Gasteiger charge is 2.50. The SMILES string of the molecule is CCOC(=O)Nc1ccc2c(c1)N(C(=O)CCNCC13CC4CC(CC(C4)C1)C3)c1ccccc1S2. The first-order chi connectivity index (χ1) is 17.5. The summed E-state index contributed by atoms with van der Waals surface area (Å²) in [5.74, 6) is 2.89. The first-order valence-corrected chi connectivity index (χ1v) is 14.2. The van der Waals surface area contributed by atoms with Crippen LogP contribution in [0.5, 0.6) is 0 Å². The van der Waals surface area contributed by atoms with E-state index in [1.54, 1.807) is 18.7 Å². The van der Waals surface area contributed by atoms with Gasteiger partial charge in [0.05, 0.1) is 18.0 Å². The third kappa shape index (κ3) is 4.63. The molecule has 0 radical (unpaired) electrons. The highest BCUT2D eigenvalue weighted by atomic mass is 32.2. The average Bonchev–Trinajstić information content (AvgIpc) is 2.84. The summed E-state index contributed by atoms with van der Waals surface area (Å²) in [5, 5.41) is 6.46. The molecule has 0 unspecified atom stereocenters. The molecule has 0 atom stereocenters. The Hall–Kier alpha value is -2.51. The molecular formula is C29H35N3O3S. The van der Waals surface area contributed by atoms with Crippen molar-refractivity contribution < 1.29 is 14.3 Å². The van der Waals surface area contributed by atoms with Gasteiger partial charge in [-0.3, -0.25) is 15.0 Å². The van der Waals surface area contributed by atoms with Gasteiger partial charge in [-0.15, -0.1) is 0 Å². The molecule has 0 spiro atoms. The summed E-state index contributed by atoms with van der Waals surface area (Å²) in [6.45, 7) is 3.81. The molecule has 4 fully saturated rings. The second kappa shape index (κ2) is 9.75. The fourth-order valence-corrected chi connectivity index (χ4v) is 8.59. The fourth-order valence-electron chi connectivity index (χ4n) is 7.55. The van der Waals surface area contributed by atoms with Crippen LogP contribution in [0.2, 0.25) is 0 Å². The van der Waals surface area contributed by atoms with Crippen LogP contribution in [0.25, 0.3) is 0 Å². The second-order valence-corrected chi connectivity index (χ2v) is 12.3. The number of amides is 2. The fraction of sp³-hybridized carbons (Fsp3) is 0.517. The van der Waals surface area contributed by atoms with Gasteiger partial charge in [0.15, 0.2) is 0 Å². The van der Waals surface area contributed by atoms with Crippen molar-refractivity contribution in [2.75, 3.05) is 29.9 Å². The van der Waals surface area contributed by atoms with Crippen LogP contribution in [0.15, 0.2) is 52.3 Å². The van der Waals surface area contributed by atoms with Crippen molar-refractivity contribution in [1.82, 2.24) is 5.32 Å². The normalized spacial score (nSPS) is 27.4. The van der Waals surface area contributed by atoms with E-state index in [1.807, 2.05) is 41.3 Å². The molecule has 0 aromatic heterocycles. The van der Waals surface area contributed by atoms with Crippen LogP contribution >= 0.6 is 11.8 Å². The Kier molecular flexibility index (Phi) is 6.46. The molecule has 0 saturated heterocycles. The third-order valence-corrected chi connectivity index (χ3v) is 9.61. The smallest absolute Gasteiger partial charge is 0.411 e. The van der Waals surface area contributed by atoms with E-state index in [4.69, 9.17) is 4.74 Å². The van der Waals surface area contributed by atoms with Gasteiger partial charge in [0, 0.05) is 35.0 Å². The summed E-state index contributed by atoms with van der Waals surface area (Å²) in [6, 6.07) is 13.7. The summed E-state index contributed by atoms with van der Waals surface area (Å²) in [7, 11) is 0. The van der Waals surface area contributed by atoms with E-state index in [2.05, 4.69) is 16.7 Å². The Morgan fingerprint density at radius 3 is 2.42 bits per heavy atom. The lowest BCUT2D eigenvalue weighted by Gasteiger charge is -2.57. The number of benzene rings is 2. The minimum absolute atomic E-state index is 0.0651. The van der Waals surface area contributed by atoms with Gasteiger partial charge in [-0.1, -0.05) is 23.9 Å². The topological polar surface area (TPSA) is 70.7 Å². The van der Waals surface area contributed by atoms with E-state index in [9.17, 15) is 9.59 Å². The van der Waals surface area contributed by atoms with Crippen molar-refractivity contribution >= 4 is 40.8 Å². The van der Waals surface area contributed by atoms with Crippen molar-refractivity contribution in [3.63, 3.8) is 0 Å². The number of fused-ring (bicyclic) bond motifs is 2. The molecule has 1 heterocycles. The average molecular weight is 506 g/mol. The Labute approximate surface area is 217 Å². The van der Waals surface area contributed by atoms with Gasteiger partial charge >= 0.3 is 6.09 Å². The molecule has 2 aromatic rings. The molecule has 1 aliphatic heterocycles. The van der Waals surface area contributed by atoms with Crippen LogP contribution in [0.1, 0.15) is 51.9 Å². The molecule has 7 rings (SSSR count). The van der Waals surface area contributed by atoms with Crippen LogP contribution in [-0.2, 0) is 9.53 Å². The first kappa shape index (κ1) is 23.9. The Morgan fingerprint density at radius 2 is 1.69 bits per heavy atom. The highest BCUT2D eigenvalue weighted by Crippen LogP contribution is 2.59. The maximum atomic E-state index is 13.6. The zero-order valence-corrected chi connectivity index (χ0v) is 21.7. The van der Waals surface area contributed by atoms with E-state index in [1.165, 1.54) is 38.5 Å². The number of carbonyl (C=O) groups is 2. The van der Waals surface area contributed by atoms with Crippen LogP contribution in [0, 0.1) is 23.2 Å². The molecule has 2 N–H and O–H groups in total. The van der Waals surface area contributed by atoms with Crippen LogP contribution in [0.3, 0.4) is 0 Å². The van der Waals surface area contributed by atoms with E-state index in [0.29, 0.717) is 30.7 Å². The van der Waals surface area contributed by atoms with E-state index < -0.39 is 6.09 Å². The summed E-state index contributed by atoms with van der Waals surface area (Å²) in [4.78, 5) is 29.5. The number of para-hydroxylation sites is 1. The highest BCUT2D eigenvalue weighted by molar-refractivity contribution is 7.99. The quantitative estimate of drug-likeness (QED) is 0.416. The maximum absolute atomic E-state index is 13.6. The van der Waals surface area contributed by atoms with Crippen molar-refractivity contribution in [3.05, 3.63) is 42.5 Å². The predicted octanol–water partition coefficient (Wildman–Crippen LogP) is 6.58. The number of anilines is 3. The summed E-state index contributed by atoms with van der Waals surface area (Å²) in [6.07, 6.45) is 8.43. The number of nitrogens with one attached hydrogen (secondary N) is 2. The Balaban J connectivity index is 1.15. The molecule has 4 saturated carbocycles. The zero-order chi connectivity index (χ0) is 24.7. The molecule has 2 amide bonds. The number of carbonyl (C=O) groups excluding carboxylic acids is 2. The zero-order valence-electron chi connectivity index (χ0n) is 20.9. The summed E-state index contributed by atoms with van der Waals surface area (Å²) >= 11 is 1.65. The molecule has 190 valence electrons. The van der Waals surface area contributed by atoms with Gasteiger partial charge in [-0.2, -0.15) is 0 Å². The number of hydrogen-bond donors (Lipinski definition) is 2. The monoisotopic (exact) mass is 505 g/mol. The van der Waals surface area contributed by atoms with E-state index in [-0.39, 0.29) is 5.91 Å². The first-order valence-electron chi connectivity index (χ1n) is 13.4. The molecule has 4 aliphatic carbocycles. The molecule has 5 aliphatic rings. The Morgan fingerprint density at radius 1 is 1.00 bits per heavy atom. The molecule has 7 heteroatoms. The summed E-state index contributed by atoms with van der Waals surface area (Å²) in [5.41, 5.74) is 2.78. The van der Waals surface area contributed by atoms with E-state index >= 15 is 0 Å². The lowest BCUT2D eigenvalue weighted by Crippen LogP contribution is -2.50. The minimum atomic E-state index is -0.493. The molecule has 36 heavy (non-hydrogen) atoms. The van der Waals surface area contributed by atoms with Crippen molar-refractivity contribution in [2.45, 2.75) is 61.7 Å². The van der Waals surface area contributed by atoms with Crippen molar-refractivity contribution in [2.24, 2.45) is 23.2 Å². The number of hydrogen-bond acceptors (Lipinski definition) is 5. The van der Waals surface area contributed by atoms with Crippen molar-refractivity contribution in [3.8, 4) is 0 Å². The summed E-state index contributed by atoms with van der Waals surface area (Å²) < 4.78 is 5.03. The second-order valence-electron chi connectivity index (χ2n) is 11.2. The van der Waals surface area contributed by atoms with Gasteiger partial charge in [0.1, 0.15) is 0 Å². The van der Waals surface area contributed by atoms with Gasteiger partial charge in [-0.05, 0) is 98.9 Å². The minimum Gasteiger partial charge on any atom is -0.450 e. The Bertz CT molecular complexity index is 1130. The van der Waals surface area contributed by atoms with Crippen LogP contribution in [0.4, 0.5) is 21.9 Å². The lowest BCUT2D eigenvalue weighted by molar-refractivity contribution is -0.118. The van der Waals surface area contributed by atoms with Gasteiger partial charge in [0.25, 0.3) is 0 Å². The van der Waals surface area contributed by atoms with Crippen LogP contribution in [-0.4, -0.2) is 31.7 Å². The standard InChI is InChI=1S/C29H35N3O3S/c1-2-35-28(34)31-22-7-8-26-24(14-22)32(23-5-3-4-6-25(23)36-26)27(33)9-10-30-18-29-15-19-11-20(16-29)13-21(12-19)17-29/h3-8,14,19-21,30H,2,9-13,15-18H2,1H3,(H,31,34). The van der Waals surface area contributed by atoms with E-state index in [0.717, 1.165) is 45.5 Å². The maximum Gasteiger partial charge on any atom is 0.411 e. The third-order valence-electron chi connectivity index (χ3n) is 8.48. The number of ether oxygens (including phenoxy) is 1. The lowest BCUT2D eigenvalue weighted by atomic mass is 9.49. The van der Waals surface area contributed by atoms with Gasteiger partial charge in [0.2, 0.25) is 5.91 Å². The molecule has 6 nitrogen and oxygen atoms in total. The number of rotatable bonds is 7.